The highest BCUT2D eigenvalue weighted by Crippen LogP contribution is 2.22. The van der Waals surface area contributed by atoms with Crippen LogP contribution in [-0.2, 0) is 5.33 Å². The van der Waals surface area contributed by atoms with Gasteiger partial charge in [0.25, 0.3) is 6.43 Å². The highest BCUT2D eigenvalue weighted by atomic mass is 79.9. The lowest BCUT2D eigenvalue weighted by Gasteiger charge is -2.05. The topological polar surface area (TPSA) is 30.0 Å². The van der Waals surface area contributed by atoms with Gasteiger partial charge in [0.05, 0.1) is 0 Å². The molecule has 0 atom stereocenters. The maximum atomic E-state index is 12.3. The summed E-state index contributed by atoms with van der Waals surface area (Å²) >= 11 is 3.10. The largest absolute Gasteiger partial charge is 0.298 e. The van der Waals surface area contributed by atoms with Crippen molar-refractivity contribution >= 4 is 22.2 Å². The van der Waals surface area contributed by atoms with Crippen molar-refractivity contribution < 1.29 is 13.6 Å². The van der Waals surface area contributed by atoms with Gasteiger partial charge in [-0.25, -0.2) is 8.78 Å². The Balaban J connectivity index is 3.27. The molecule has 1 rings (SSSR count). The number of aromatic nitrogens is 1. The Kier molecular flexibility index (Phi) is 3.48. The fourth-order valence-electron chi connectivity index (χ4n) is 0.958. The second-order valence-electron chi connectivity index (χ2n) is 2.32. The summed E-state index contributed by atoms with van der Waals surface area (Å²) in [5.41, 5.74) is 0.0571. The molecule has 0 amide bonds. The molecule has 0 aliphatic heterocycles. The van der Waals surface area contributed by atoms with Crippen molar-refractivity contribution in [3.05, 3.63) is 29.1 Å². The van der Waals surface area contributed by atoms with E-state index in [1.54, 1.807) is 0 Å². The molecule has 0 aliphatic carbocycles. The lowest BCUT2D eigenvalue weighted by molar-refractivity contribution is 0.110. The molecule has 0 unspecified atom stereocenters. The summed E-state index contributed by atoms with van der Waals surface area (Å²) in [5.74, 6) is 0. The number of aldehydes is 1. The third-order valence-electron chi connectivity index (χ3n) is 1.58. The zero-order valence-electron chi connectivity index (χ0n) is 6.51. The summed E-state index contributed by atoms with van der Waals surface area (Å²) in [6.07, 6.45) is -1.03. The van der Waals surface area contributed by atoms with Gasteiger partial charge in [0.15, 0.2) is 6.29 Å². The second-order valence-corrected chi connectivity index (χ2v) is 2.88. The second kappa shape index (κ2) is 4.41. The minimum Gasteiger partial charge on any atom is -0.298 e. The molecule has 0 saturated carbocycles. The van der Waals surface area contributed by atoms with Gasteiger partial charge in [0.1, 0.15) is 5.69 Å². The van der Waals surface area contributed by atoms with E-state index in [2.05, 4.69) is 20.9 Å². The molecule has 70 valence electrons. The van der Waals surface area contributed by atoms with Crippen molar-refractivity contribution in [2.45, 2.75) is 11.8 Å². The predicted molar refractivity (Wildman–Crippen MR) is 47.2 cm³/mol. The van der Waals surface area contributed by atoms with E-state index >= 15 is 0 Å². The number of alkyl halides is 3. The Morgan fingerprint density at radius 2 is 2.31 bits per heavy atom. The predicted octanol–water partition coefficient (Wildman–Crippen LogP) is 2.73. The van der Waals surface area contributed by atoms with Gasteiger partial charge in [-0.2, -0.15) is 0 Å². The summed E-state index contributed by atoms with van der Waals surface area (Å²) < 4.78 is 24.6. The minimum absolute atomic E-state index is 0.0191. The normalized spacial score (nSPS) is 10.5. The van der Waals surface area contributed by atoms with Crippen LogP contribution in [0.3, 0.4) is 0 Å². The molecule has 0 saturated heterocycles. The lowest BCUT2D eigenvalue weighted by Crippen LogP contribution is -2.00. The molecule has 1 aromatic heterocycles. The molecule has 0 radical (unpaired) electrons. The number of carbonyl (C=O) groups is 1. The number of hydrogen-bond donors (Lipinski definition) is 0. The molecule has 0 fully saturated rings. The number of halogens is 3. The van der Waals surface area contributed by atoms with Gasteiger partial charge in [0.2, 0.25) is 0 Å². The Hall–Kier alpha value is -0.840. The van der Waals surface area contributed by atoms with E-state index < -0.39 is 12.1 Å². The average Bonchev–Trinajstić information content (AvgIpc) is 2.16. The standard InChI is InChI=1S/C8H6BrF2NO/c9-3-5-1-2-12-7(8(10)11)6(5)4-13/h1-2,4,8H,3H2. The van der Waals surface area contributed by atoms with Crippen molar-refractivity contribution in [1.29, 1.82) is 0 Å². The van der Waals surface area contributed by atoms with E-state index in [4.69, 9.17) is 0 Å². The molecule has 0 bridgehead atoms. The fourth-order valence-corrected chi connectivity index (χ4v) is 1.45. The quantitative estimate of drug-likeness (QED) is 0.609. The van der Waals surface area contributed by atoms with Crippen LogP contribution in [0.25, 0.3) is 0 Å². The van der Waals surface area contributed by atoms with Crippen LogP contribution in [0.5, 0.6) is 0 Å². The van der Waals surface area contributed by atoms with Crippen LogP contribution in [0.2, 0.25) is 0 Å². The highest BCUT2D eigenvalue weighted by Gasteiger charge is 2.16. The third-order valence-corrected chi connectivity index (χ3v) is 2.18. The summed E-state index contributed by atoms with van der Waals surface area (Å²) in [5, 5.41) is 0.364. The summed E-state index contributed by atoms with van der Waals surface area (Å²) in [4.78, 5) is 14.0. The Bertz CT molecular complexity index is 317. The van der Waals surface area contributed by atoms with E-state index in [-0.39, 0.29) is 5.56 Å². The molecule has 0 aromatic carbocycles. The van der Waals surface area contributed by atoms with Crippen molar-refractivity contribution in [2.24, 2.45) is 0 Å². The Labute approximate surface area is 82.1 Å². The van der Waals surface area contributed by atoms with Gasteiger partial charge in [-0.3, -0.25) is 9.78 Å². The molecule has 13 heavy (non-hydrogen) atoms. The number of rotatable bonds is 3. The monoisotopic (exact) mass is 249 g/mol. The van der Waals surface area contributed by atoms with Crippen molar-refractivity contribution in [3.63, 3.8) is 0 Å². The van der Waals surface area contributed by atoms with E-state index in [0.29, 0.717) is 17.2 Å². The first-order valence-corrected chi connectivity index (χ1v) is 4.60. The van der Waals surface area contributed by atoms with Gasteiger partial charge in [0, 0.05) is 17.1 Å². The molecule has 1 aromatic rings. The maximum Gasteiger partial charge on any atom is 0.281 e. The molecule has 1 heterocycles. The number of hydrogen-bond acceptors (Lipinski definition) is 2. The van der Waals surface area contributed by atoms with Crippen LogP contribution in [0.15, 0.2) is 12.3 Å². The lowest BCUT2D eigenvalue weighted by atomic mass is 10.1. The molecular weight excluding hydrogens is 244 g/mol. The van der Waals surface area contributed by atoms with Gasteiger partial charge < -0.3 is 0 Å². The van der Waals surface area contributed by atoms with Crippen molar-refractivity contribution in [1.82, 2.24) is 4.98 Å². The van der Waals surface area contributed by atoms with Gasteiger partial charge in [-0.1, -0.05) is 15.9 Å². The van der Waals surface area contributed by atoms with Crippen LogP contribution >= 0.6 is 15.9 Å². The van der Waals surface area contributed by atoms with Crippen LogP contribution in [0.1, 0.15) is 28.0 Å². The van der Waals surface area contributed by atoms with Crippen LogP contribution < -0.4 is 0 Å². The first-order chi connectivity index (χ1) is 6.20. The van der Waals surface area contributed by atoms with Crippen molar-refractivity contribution in [2.75, 3.05) is 0 Å². The fraction of sp³-hybridized carbons (Fsp3) is 0.250. The van der Waals surface area contributed by atoms with E-state index in [0.717, 1.165) is 0 Å². The first kappa shape index (κ1) is 10.2. The van der Waals surface area contributed by atoms with Crippen LogP contribution in [0, 0.1) is 0 Å². The van der Waals surface area contributed by atoms with Gasteiger partial charge in [-0.15, -0.1) is 0 Å². The summed E-state index contributed by atoms with van der Waals surface area (Å²) in [6, 6.07) is 1.53. The van der Waals surface area contributed by atoms with E-state index in [9.17, 15) is 13.6 Å². The maximum absolute atomic E-state index is 12.3. The molecule has 0 aliphatic rings. The van der Waals surface area contributed by atoms with Crippen LogP contribution in [-0.4, -0.2) is 11.3 Å². The first-order valence-electron chi connectivity index (χ1n) is 3.47. The Morgan fingerprint density at radius 3 is 2.77 bits per heavy atom. The number of nitrogens with zero attached hydrogens (tertiary/aromatic N) is 1. The smallest absolute Gasteiger partial charge is 0.281 e. The van der Waals surface area contributed by atoms with Crippen LogP contribution in [0.4, 0.5) is 8.78 Å². The number of carbonyl (C=O) groups excluding carboxylic acids is 1. The molecule has 0 spiro atoms. The average molecular weight is 250 g/mol. The minimum atomic E-state index is -2.71. The zero-order valence-corrected chi connectivity index (χ0v) is 8.09. The molecular formula is C8H6BrF2NO. The van der Waals surface area contributed by atoms with E-state index in [1.807, 2.05) is 0 Å². The molecule has 0 N–H and O–H groups in total. The summed E-state index contributed by atoms with van der Waals surface area (Å²) in [6.45, 7) is 0. The Morgan fingerprint density at radius 1 is 1.62 bits per heavy atom. The molecule has 2 nitrogen and oxygen atoms in total. The zero-order chi connectivity index (χ0) is 9.84. The van der Waals surface area contributed by atoms with Gasteiger partial charge in [-0.05, 0) is 11.6 Å². The molecule has 5 heteroatoms. The number of pyridine rings is 1. The highest BCUT2D eigenvalue weighted by molar-refractivity contribution is 9.08. The van der Waals surface area contributed by atoms with Gasteiger partial charge >= 0.3 is 0 Å². The van der Waals surface area contributed by atoms with Crippen molar-refractivity contribution in [3.8, 4) is 0 Å². The third kappa shape index (κ3) is 2.09. The van der Waals surface area contributed by atoms with E-state index in [1.165, 1.54) is 12.3 Å². The summed E-state index contributed by atoms with van der Waals surface area (Å²) in [7, 11) is 0. The SMILES string of the molecule is O=Cc1c(CBr)ccnc1C(F)F.